The van der Waals surface area contributed by atoms with Gasteiger partial charge in [-0.05, 0) is 37.1 Å². The maximum Gasteiger partial charge on any atom is 0.319 e. The Morgan fingerprint density at radius 1 is 1.38 bits per heavy atom. The van der Waals surface area contributed by atoms with Gasteiger partial charge in [-0.3, -0.25) is 9.78 Å². The van der Waals surface area contributed by atoms with E-state index in [1.807, 2.05) is 38.1 Å². The van der Waals surface area contributed by atoms with E-state index in [0.29, 0.717) is 25.2 Å². The number of carbonyl (C=O) groups is 2. The quantitative estimate of drug-likeness (QED) is 0.910. The van der Waals surface area contributed by atoms with Crippen LogP contribution >= 0.6 is 0 Å². The molecule has 1 saturated heterocycles. The summed E-state index contributed by atoms with van der Waals surface area (Å²) >= 11 is 0. The van der Waals surface area contributed by atoms with Crippen molar-refractivity contribution < 1.29 is 9.59 Å². The van der Waals surface area contributed by atoms with Gasteiger partial charge in [-0.15, -0.1) is 0 Å². The third-order valence-electron chi connectivity index (χ3n) is 4.28. The fourth-order valence-corrected chi connectivity index (χ4v) is 3.11. The van der Waals surface area contributed by atoms with Gasteiger partial charge >= 0.3 is 6.03 Å². The summed E-state index contributed by atoms with van der Waals surface area (Å²) in [6.45, 7) is 5.12. The number of carbonyl (C=O) groups excluding carboxylic acids is 2. The Kier molecular flexibility index (Phi) is 4.64. The number of pyridine rings is 1. The van der Waals surface area contributed by atoms with Crippen LogP contribution in [0.1, 0.15) is 25.3 Å². The Morgan fingerprint density at radius 3 is 3.00 bits per heavy atom. The molecule has 2 heterocycles. The largest absolute Gasteiger partial charge is 0.341 e. The van der Waals surface area contributed by atoms with E-state index in [1.165, 1.54) is 0 Å². The molecule has 1 atom stereocenters. The number of nitrogens with one attached hydrogen (secondary N) is 2. The third kappa shape index (κ3) is 3.48. The van der Waals surface area contributed by atoms with Gasteiger partial charge in [0.2, 0.25) is 5.91 Å². The van der Waals surface area contributed by atoms with Crippen LogP contribution in [0, 0.1) is 6.92 Å². The summed E-state index contributed by atoms with van der Waals surface area (Å²) in [7, 11) is 0. The maximum atomic E-state index is 12.3. The van der Waals surface area contributed by atoms with Gasteiger partial charge in [0.1, 0.15) is 0 Å². The molecule has 24 heavy (non-hydrogen) atoms. The Bertz CT molecular complexity index is 775. The van der Waals surface area contributed by atoms with Crippen molar-refractivity contribution in [2.75, 3.05) is 18.4 Å². The smallest absolute Gasteiger partial charge is 0.319 e. The lowest BCUT2D eigenvalue weighted by atomic mass is 10.1. The molecule has 3 amide bonds. The van der Waals surface area contributed by atoms with Gasteiger partial charge in [0.25, 0.3) is 0 Å². The number of benzene rings is 1. The molecule has 0 spiro atoms. The Labute approximate surface area is 141 Å². The first-order valence-corrected chi connectivity index (χ1v) is 8.27. The second-order valence-corrected chi connectivity index (χ2v) is 6.16. The molecule has 2 aromatic rings. The van der Waals surface area contributed by atoms with Crippen molar-refractivity contribution in [2.45, 2.75) is 32.7 Å². The average molecular weight is 326 g/mol. The summed E-state index contributed by atoms with van der Waals surface area (Å²) in [5.74, 6) is 0.133. The molecule has 126 valence electrons. The van der Waals surface area contributed by atoms with Gasteiger partial charge in [-0.25, -0.2) is 4.79 Å². The number of likely N-dealkylation sites (tertiary alicyclic amines) is 1. The number of rotatable bonds is 3. The van der Waals surface area contributed by atoms with Gasteiger partial charge in [-0.1, -0.05) is 13.0 Å². The summed E-state index contributed by atoms with van der Waals surface area (Å²) in [5.41, 5.74) is 2.53. The summed E-state index contributed by atoms with van der Waals surface area (Å²) < 4.78 is 0. The van der Waals surface area contributed by atoms with Crippen LogP contribution in [0.2, 0.25) is 0 Å². The molecule has 1 aromatic carbocycles. The monoisotopic (exact) mass is 326 g/mol. The first-order chi connectivity index (χ1) is 11.6. The topological polar surface area (TPSA) is 74.3 Å². The highest BCUT2D eigenvalue weighted by molar-refractivity contribution is 6.00. The van der Waals surface area contributed by atoms with E-state index in [-0.39, 0.29) is 18.0 Å². The van der Waals surface area contributed by atoms with Crippen molar-refractivity contribution in [1.82, 2.24) is 15.2 Å². The molecule has 1 aliphatic rings. The molecule has 6 nitrogen and oxygen atoms in total. The minimum atomic E-state index is -0.261. The Balaban J connectivity index is 1.67. The van der Waals surface area contributed by atoms with Crippen LogP contribution in [-0.4, -0.2) is 41.0 Å². The Morgan fingerprint density at radius 2 is 2.21 bits per heavy atom. The lowest BCUT2D eigenvalue weighted by molar-refractivity contribution is -0.129. The number of urea groups is 1. The molecule has 1 fully saturated rings. The van der Waals surface area contributed by atoms with Crippen molar-refractivity contribution in [3.05, 3.63) is 36.0 Å². The fourth-order valence-electron chi connectivity index (χ4n) is 3.11. The molecule has 0 aliphatic carbocycles. The van der Waals surface area contributed by atoms with Crippen LogP contribution in [0.5, 0.6) is 0 Å². The summed E-state index contributed by atoms with van der Waals surface area (Å²) in [4.78, 5) is 30.2. The molecule has 0 unspecified atom stereocenters. The van der Waals surface area contributed by atoms with E-state index >= 15 is 0 Å². The van der Waals surface area contributed by atoms with Crippen molar-refractivity contribution in [3.8, 4) is 0 Å². The van der Waals surface area contributed by atoms with Gasteiger partial charge in [-0.2, -0.15) is 0 Å². The predicted molar refractivity (Wildman–Crippen MR) is 93.9 cm³/mol. The average Bonchev–Trinajstić information content (AvgIpc) is 3.02. The molecule has 6 heteroatoms. The van der Waals surface area contributed by atoms with Gasteiger partial charge in [0, 0.05) is 37.1 Å². The number of hydrogen-bond donors (Lipinski definition) is 2. The molecule has 2 N–H and O–H groups in total. The van der Waals surface area contributed by atoms with Gasteiger partial charge < -0.3 is 15.5 Å². The molecular formula is C18H22N4O2. The first kappa shape index (κ1) is 16.2. The number of amides is 3. The predicted octanol–water partition coefficient (Wildman–Crippen LogP) is 2.68. The van der Waals surface area contributed by atoms with E-state index < -0.39 is 0 Å². The van der Waals surface area contributed by atoms with E-state index in [0.717, 1.165) is 22.9 Å². The molecule has 0 radical (unpaired) electrons. The van der Waals surface area contributed by atoms with E-state index in [9.17, 15) is 9.59 Å². The van der Waals surface area contributed by atoms with E-state index in [4.69, 9.17) is 0 Å². The summed E-state index contributed by atoms with van der Waals surface area (Å²) in [6.07, 6.45) is 3.00. The standard InChI is InChI=1S/C18H22N4O2/c1-3-16(23)22-8-6-14(11-22)20-18(24)21-15-10-12(2)9-13-5-4-7-19-17(13)15/h4-5,7,9-10,14H,3,6,8,11H2,1-2H3,(H2,20,21,24)/t14-/m1/s1. The zero-order valence-electron chi connectivity index (χ0n) is 14.0. The van der Waals surface area contributed by atoms with Gasteiger partial charge in [0.15, 0.2) is 0 Å². The zero-order valence-corrected chi connectivity index (χ0v) is 14.0. The zero-order chi connectivity index (χ0) is 17.1. The van der Waals surface area contributed by atoms with Crippen molar-refractivity contribution in [1.29, 1.82) is 0 Å². The van der Waals surface area contributed by atoms with Crippen LogP contribution in [0.4, 0.5) is 10.5 Å². The SMILES string of the molecule is CCC(=O)N1CC[C@@H](NC(=O)Nc2cc(C)cc3cccnc23)C1. The normalized spacial score (nSPS) is 17.1. The van der Waals surface area contributed by atoms with Crippen molar-refractivity contribution in [3.63, 3.8) is 0 Å². The molecule has 0 bridgehead atoms. The van der Waals surface area contributed by atoms with Crippen molar-refractivity contribution >= 4 is 28.5 Å². The number of hydrogen-bond acceptors (Lipinski definition) is 3. The van der Waals surface area contributed by atoms with E-state index in [2.05, 4.69) is 15.6 Å². The number of aromatic nitrogens is 1. The van der Waals surface area contributed by atoms with Crippen LogP contribution in [0.15, 0.2) is 30.5 Å². The number of fused-ring (bicyclic) bond motifs is 1. The summed E-state index contributed by atoms with van der Waals surface area (Å²) in [6, 6.07) is 7.54. The lowest BCUT2D eigenvalue weighted by Crippen LogP contribution is -2.40. The van der Waals surface area contributed by atoms with Gasteiger partial charge in [0.05, 0.1) is 11.2 Å². The number of anilines is 1. The van der Waals surface area contributed by atoms with Crippen molar-refractivity contribution in [2.24, 2.45) is 0 Å². The Hall–Kier alpha value is -2.63. The minimum absolute atomic E-state index is 0.00969. The second-order valence-electron chi connectivity index (χ2n) is 6.16. The highest BCUT2D eigenvalue weighted by atomic mass is 16.2. The molecule has 0 saturated carbocycles. The lowest BCUT2D eigenvalue weighted by Gasteiger charge is -2.17. The third-order valence-corrected chi connectivity index (χ3v) is 4.28. The molecule has 3 rings (SSSR count). The maximum absolute atomic E-state index is 12.3. The van der Waals surface area contributed by atoms with Crippen LogP contribution < -0.4 is 10.6 Å². The summed E-state index contributed by atoms with van der Waals surface area (Å²) in [5, 5.41) is 6.84. The molecular weight excluding hydrogens is 304 g/mol. The first-order valence-electron chi connectivity index (χ1n) is 8.27. The second kappa shape index (κ2) is 6.86. The number of nitrogens with zero attached hydrogens (tertiary/aromatic N) is 2. The van der Waals surface area contributed by atoms with Crippen LogP contribution in [-0.2, 0) is 4.79 Å². The highest BCUT2D eigenvalue weighted by Gasteiger charge is 2.26. The minimum Gasteiger partial charge on any atom is -0.341 e. The van der Waals surface area contributed by atoms with E-state index in [1.54, 1.807) is 11.1 Å². The number of aryl methyl sites for hydroxylation is 1. The highest BCUT2D eigenvalue weighted by Crippen LogP contribution is 2.23. The molecule has 1 aromatic heterocycles. The van der Waals surface area contributed by atoms with Crippen LogP contribution in [0.25, 0.3) is 10.9 Å². The molecule has 1 aliphatic heterocycles. The fraction of sp³-hybridized carbons (Fsp3) is 0.389. The van der Waals surface area contributed by atoms with Crippen LogP contribution in [0.3, 0.4) is 0 Å².